The van der Waals surface area contributed by atoms with E-state index in [2.05, 4.69) is 10.1 Å². The molecule has 2 rings (SSSR count). The molecular weight excluding hydrogens is 230 g/mol. The summed E-state index contributed by atoms with van der Waals surface area (Å²) in [5.74, 6) is -0.0560. The van der Waals surface area contributed by atoms with Gasteiger partial charge in [-0.15, -0.1) is 0 Å². The third-order valence-corrected chi connectivity index (χ3v) is 2.29. The van der Waals surface area contributed by atoms with E-state index in [1.165, 1.54) is 4.57 Å². The van der Waals surface area contributed by atoms with Gasteiger partial charge in [0.25, 0.3) is 0 Å². The molecule has 0 atom stereocenters. The monoisotopic (exact) mass is 245 g/mol. The van der Waals surface area contributed by atoms with Crippen molar-refractivity contribution in [3.63, 3.8) is 0 Å². The van der Waals surface area contributed by atoms with E-state index < -0.39 is 0 Å². The van der Waals surface area contributed by atoms with Gasteiger partial charge in [-0.3, -0.25) is 14.4 Å². The summed E-state index contributed by atoms with van der Waals surface area (Å²) in [6.45, 7) is 5.69. The zero-order valence-corrected chi connectivity index (χ0v) is 10.6. The van der Waals surface area contributed by atoms with Crippen LogP contribution in [0.5, 0.6) is 0 Å². The number of nitrogens with zero attached hydrogens (tertiary/aromatic N) is 3. The van der Waals surface area contributed by atoms with Crippen molar-refractivity contribution in [2.75, 3.05) is 0 Å². The second-order valence-electron chi connectivity index (χ2n) is 4.29. The standard InChI is InChI=1S/C13H15N3O2/c1-9(2)14-12-6-4-5-7-16(12)13(17)11-8-10(3)15-18-11/h4-9H,1-3H3. The van der Waals surface area contributed by atoms with Crippen LogP contribution in [0.2, 0.25) is 0 Å². The summed E-state index contributed by atoms with van der Waals surface area (Å²) in [4.78, 5) is 16.6. The minimum absolute atomic E-state index is 0.114. The van der Waals surface area contributed by atoms with Crippen molar-refractivity contribution >= 4 is 5.91 Å². The van der Waals surface area contributed by atoms with Crippen molar-refractivity contribution in [1.82, 2.24) is 9.72 Å². The Balaban J connectivity index is 2.49. The van der Waals surface area contributed by atoms with Crippen LogP contribution in [0.25, 0.3) is 0 Å². The summed E-state index contributed by atoms with van der Waals surface area (Å²) in [5.41, 5.74) is 1.28. The van der Waals surface area contributed by atoms with Crippen LogP contribution in [-0.2, 0) is 0 Å². The molecule has 5 heteroatoms. The molecule has 0 saturated heterocycles. The second kappa shape index (κ2) is 5.00. The molecule has 0 unspecified atom stereocenters. The number of hydrogen-bond acceptors (Lipinski definition) is 4. The Hall–Kier alpha value is -2.17. The number of aryl methyl sites for hydroxylation is 1. The fourth-order valence-corrected chi connectivity index (χ4v) is 1.56. The summed E-state index contributed by atoms with van der Waals surface area (Å²) < 4.78 is 6.44. The maximum absolute atomic E-state index is 12.2. The van der Waals surface area contributed by atoms with Gasteiger partial charge in [0.2, 0.25) is 5.76 Å². The van der Waals surface area contributed by atoms with Crippen LogP contribution in [0.1, 0.15) is 30.1 Å². The highest BCUT2D eigenvalue weighted by Crippen LogP contribution is 2.03. The quantitative estimate of drug-likeness (QED) is 0.810. The third-order valence-electron chi connectivity index (χ3n) is 2.29. The van der Waals surface area contributed by atoms with Gasteiger partial charge < -0.3 is 4.52 Å². The van der Waals surface area contributed by atoms with Crippen molar-refractivity contribution in [1.29, 1.82) is 0 Å². The largest absolute Gasteiger partial charge is 0.351 e. The number of carbonyl (C=O) groups is 1. The average molecular weight is 245 g/mol. The molecule has 0 bridgehead atoms. The Morgan fingerprint density at radius 1 is 1.44 bits per heavy atom. The molecule has 0 amide bonds. The lowest BCUT2D eigenvalue weighted by molar-refractivity contribution is 0.0917. The minimum Gasteiger partial charge on any atom is -0.351 e. The first-order valence-electron chi connectivity index (χ1n) is 5.77. The predicted molar refractivity (Wildman–Crippen MR) is 66.1 cm³/mol. The smallest absolute Gasteiger partial charge is 0.302 e. The molecule has 0 aliphatic heterocycles. The first-order valence-corrected chi connectivity index (χ1v) is 5.77. The number of hydrogen-bond donors (Lipinski definition) is 0. The highest BCUT2D eigenvalue weighted by atomic mass is 16.5. The van der Waals surface area contributed by atoms with Crippen LogP contribution in [0.4, 0.5) is 0 Å². The molecule has 0 aromatic carbocycles. The fourth-order valence-electron chi connectivity index (χ4n) is 1.56. The first kappa shape index (κ1) is 12.3. The lowest BCUT2D eigenvalue weighted by Gasteiger charge is -2.04. The number of carbonyl (C=O) groups excluding carboxylic acids is 1. The summed E-state index contributed by atoms with van der Waals surface area (Å²) >= 11 is 0. The van der Waals surface area contributed by atoms with E-state index in [1.54, 1.807) is 31.3 Å². The Morgan fingerprint density at radius 2 is 2.22 bits per heavy atom. The van der Waals surface area contributed by atoms with Gasteiger partial charge in [-0.1, -0.05) is 11.2 Å². The molecule has 0 aliphatic carbocycles. The van der Waals surface area contributed by atoms with Gasteiger partial charge >= 0.3 is 5.91 Å². The molecule has 18 heavy (non-hydrogen) atoms. The Morgan fingerprint density at radius 3 is 2.83 bits per heavy atom. The maximum atomic E-state index is 12.2. The third kappa shape index (κ3) is 2.56. The van der Waals surface area contributed by atoms with E-state index in [1.807, 2.05) is 19.9 Å². The van der Waals surface area contributed by atoms with E-state index in [0.29, 0.717) is 11.2 Å². The van der Waals surface area contributed by atoms with E-state index in [-0.39, 0.29) is 17.7 Å². The van der Waals surface area contributed by atoms with Gasteiger partial charge in [0.15, 0.2) is 0 Å². The van der Waals surface area contributed by atoms with E-state index in [0.717, 1.165) is 0 Å². The lowest BCUT2D eigenvalue weighted by atomic mass is 10.3. The number of aromatic nitrogens is 2. The topological polar surface area (TPSA) is 60.4 Å². The molecule has 94 valence electrons. The molecule has 5 nitrogen and oxygen atoms in total. The number of rotatable bonds is 2. The summed E-state index contributed by atoms with van der Waals surface area (Å²) in [7, 11) is 0. The zero-order chi connectivity index (χ0) is 13.1. The van der Waals surface area contributed by atoms with Crippen molar-refractivity contribution in [3.8, 4) is 0 Å². The molecular formula is C13H15N3O2. The minimum atomic E-state index is -0.268. The van der Waals surface area contributed by atoms with Crippen LogP contribution < -0.4 is 5.49 Å². The molecule has 2 aromatic rings. The second-order valence-corrected chi connectivity index (χ2v) is 4.29. The van der Waals surface area contributed by atoms with Gasteiger partial charge in [-0.2, -0.15) is 0 Å². The Labute approximate surface area is 105 Å². The summed E-state index contributed by atoms with van der Waals surface area (Å²) in [6.07, 6.45) is 1.67. The normalized spacial score (nSPS) is 12.1. The molecule has 0 radical (unpaired) electrons. The first-order chi connectivity index (χ1) is 8.58. The molecule has 0 saturated carbocycles. The van der Waals surface area contributed by atoms with Gasteiger partial charge in [-0.05, 0) is 32.9 Å². The van der Waals surface area contributed by atoms with Crippen LogP contribution in [-0.4, -0.2) is 21.7 Å². The SMILES string of the molecule is Cc1cc(C(=O)n2ccccc2=NC(C)C)on1. The lowest BCUT2D eigenvalue weighted by Crippen LogP contribution is -2.27. The van der Waals surface area contributed by atoms with Crippen molar-refractivity contribution in [2.24, 2.45) is 4.99 Å². The predicted octanol–water partition coefficient (Wildman–Crippen LogP) is 1.78. The summed E-state index contributed by atoms with van der Waals surface area (Å²) in [6, 6.07) is 7.14. The molecule has 2 aromatic heterocycles. The summed E-state index contributed by atoms with van der Waals surface area (Å²) in [5, 5.41) is 3.71. The van der Waals surface area contributed by atoms with Crippen molar-refractivity contribution < 1.29 is 9.32 Å². The van der Waals surface area contributed by atoms with Gasteiger partial charge in [0, 0.05) is 18.3 Å². The van der Waals surface area contributed by atoms with Crippen LogP contribution in [0.3, 0.4) is 0 Å². The van der Waals surface area contributed by atoms with Crippen molar-refractivity contribution in [2.45, 2.75) is 26.8 Å². The number of pyridine rings is 1. The Bertz CT molecular complexity index is 623. The molecule has 0 N–H and O–H groups in total. The van der Waals surface area contributed by atoms with Gasteiger partial charge in [-0.25, -0.2) is 0 Å². The zero-order valence-electron chi connectivity index (χ0n) is 10.6. The van der Waals surface area contributed by atoms with Crippen LogP contribution in [0, 0.1) is 6.92 Å². The van der Waals surface area contributed by atoms with E-state index in [9.17, 15) is 4.79 Å². The van der Waals surface area contributed by atoms with E-state index >= 15 is 0 Å². The van der Waals surface area contributed by atoms with E-state index in [4.69, 9.17) is 4.52 Å². The van der Waals surface area contributed by atoms with Crippen molar-refractivity contribution in [3.05, 3.63) is 47.4 Å². The maximum Gasteiger partial charge on any atom is 0.302 e. The average Bonchev–Trinajstić information content (AvgIpc) is 2.75. The fraction of sp³-hybridized carbons (Fsp3) is 0.308. The molecule has 2 heterocycles. The van der Waals surface area contributed by atoms with Gasteiger partial charge in [0.05, 0.1) is 5.69 Å². The van der Waals surface area contributed by atoms with Crippen LogP contribution in [0.15, 0.2) is 40.0 Å². The molecule has 0 fully saturated rings. The molecule has 0 spiro atoms. The Kier molecular flexibility index (Phi) is 3.41. The highest BCUT2D eigenvalue weighted by Gasteiger charge is 2.13. The van der Waals surface area contributed by atoms with Gasteiger partial charge in [0.1, 0.15) is 5.49 Å². The highest BCUT2D eigenvalue weighted by molar-refractivity contribution is 5.93. The van der Waals surface area contributed by atoms with Crippen LogP contribution >= 0.6 is 0 Å². The molecule has 0 aliphatic rings.